The van der Waals surface area contributed by atoms with Crippen molar-refractivity contribution in [3.63, 3.8) is 0 Å². The first-order valence-corrected chi connectivity index (χ1v) is 6.54. The van der Waals surface area contributed by atoms with Crippen LogP contribution in [-0.2, 0) is 13.1 Å². The summed E-state index contributed by atoms with van der Waals surface area (Å²) in [5, 5.41) is 7.57. The molecule has 1 aromatic carbocycles. The Kier molecular flexibility index (Phi) is 4.22. The quantitative estimate of drug-likeness (QED) is 0.934. The zero-order chi connectivity index (χ0) is 13.8. The molecule has 19 heavy (non-hydrogen) atoms. The Labute approximate surface area is 117 Å². The van der Waals surface area contributed by atoms with Gasteiger partial charge in [0.25, 0.3) is 5.91 Å². The van der Waals surface area contributed by atoms with E-state index >= 15 is 0 Å². The van der Waals surface area contributed by atoms with Crippen LogP contribution in [0.15, 0.2) is 30.5 Å². The minimum Gasteiger partial charge on any atom is -0.346 e. The first-order chi connectivity index (χ1) is 9.11. The maximum atomic E-state index is 12.0. The summed E-state index contributed by atoms with van der Waals surface area (Å²) in [7, 11) is 0. The molecule has 0 radical (unpaired) electrons. The fourth-order valence-electron chi connectivity index (χ4n) is 1.89. The van der Waals surface area contributed by atoms with Gasteiger partial charge in [0.15, 0.2) is 0 Å². The summed E-state index contributed by atoms with van der Waals surface area (Å²) >= 11 is 6.04. The van der Waals surface area contributed by atoms with Crippen molar-refractivity contribution < 1.29 is 4.79 Å². The van der Waals surface area contributed by atoms with Gasteiger partial charge in [-0.05, 0) is 26.0 Å². The number of rotatable bonds is 4. The first kappa shape index (κ1) is 13.6. The number of carbonyl (C=O) groups excluding carboxylic acids is 1. The maximum absolute atomic E-state index is 12.0. The summed E-state index contributed by atoms with van der Waals surface area (Å²) < 4.78 is 1.78. The van der Waals surface area contributed by atoms with Gasteiger partial charge in [0.05, 0.1) is 23.5 Å². The van der Waals surface area contributed by atoms with E-state index in [0.29, 0.717) is 17.1 Å². The molecule has 2 rings (SSSR count). The van der Waals surface area contributed by atoms with E-state index in [1.54, 1.807) is 16.9 Å². The molecule has 0 spiro atoms. The average Bonchev–Trinajstić information content (AvgIpc) is 2.76. The summed E-state index contributed by atoms with van der Waals surface area (Å²) in [5.41, 5.74) is 2.54. The Balaban J connectivity index is 2.06. The van der Waals surface area contributed by atoms with E-state index in [0.717, 1.165) is 17.8 Å². The van der Waals surface area contributed by atoms with Crippen molar-refractivity contribution in [2.75, 3.05) is 0 Å². The maximum Gasteiger partial charge on any atom is 0.251 e. The Hall–Kier alpha value is -1.81. The van der Waals surface area contributed by atoms with Gasteiger partial charge in [-0.15, -0.1) is 0 Å². The Morgan fingerprint density at radius 3 is 2.95 bits per heavy atom. The molecule has 0 atom stereocenters. The molecule has 1 aromatic heterocycles. The minimum absolute atomic E-state index is 0.108. The van der Waals surface area contributed by atoms with Crippen LogP contribution in [0.5, 0.6) is 0 Å². The van der Waals surface area contributed by atoms with Crippen molar-refractivity contribution in [1.29, 1.82) is 0 Å². The van der Waals surface area contributed by atoms with Crippen LogP contribution in [0, 0.1) is 6.92 Å². The largest absolute Gasteiger partial charge is 0.346 e. The van der Waals surface area contributed by atoms with Crippen molar-refractivity contribution in [3.8, 4) is 0 Å². The normalized spacial score (nSPS) is 10.5. The van der Waals surface area contributed by atoms with Crippen LogP contribution in [0.25, 0.3) is 0 Å². The molecule has 0 aliphatic rings. The second kappa shape index (κ2) is 5.89. The second-order valence-corrected chi connectivity index (χ2v) is 4.71. The number of nitrogens with zero attached hydrogens (tertiary/aromatic N) is 2. The molecule has 0 bridgehead atoms. The summed E-state index contributed by atoms with van der Waals surface area (Å²) in [6.45, 7) is 5.04. The minimum atomic E-state index is -0.108. The van der Waals surface area contributed by atoms with Crippen LogP contribution < -0.4 is 5.32 Å². The number of carbonyl (C=O) groups is 1. The third-order valence-corrected chi connectivity index (χ3v) is 3.21. The lowest BCUT2D eigenvalue weighted by atomic mass is 10.1. The van der Waals surface area contributed by atoms with Gasteiger partial charge in [-0.2, -0.15) is 5.10 Å². The van der Waals surface area contributed by atoms with Gasteiger partial charge in [0, 0.05) is 12.1 Å². The SMILES string of the molecule is CCn1ncc(Cl)c1CNC(=O)c1cccc(C)c1. The summed E-state index contributed by atoms with van der Waals surface area (Å²) in [4.78, 5) is 12.0. The van der Waals surface area contributed by atoms with E-state index in [-0.39, 0.29) is 5.91 Å². The lowest BCUT2D eigenvalue weighted by molar-refractivity contribution is 0.0950. The standard InChI is InChI=1S/C14H16ClN3O/c1-3-18-13(12(15)8-17-18)9-16-14(19)11-6-4-5-10(2)7-11/h4-8H,3,9H2,1-2H3,(H,16,19). The van der Waals surface area contributed by atoms with Crippen LogP contribution in [-0.4, -0.2) is 15.7 Å². The molecule has 100 valence electrons. The number of amides is 1. The van der Waals surface area contributed by atoms with Gasteiger partial charge in [-0.1, -0.05) is 29.3 Å². The van der Waals surface area contributed by atoms with E-state index in [1.165, 1.54) is 0 Å². The second-order valence-electron chi connectivity index (χ2n) is 4.31. The van der Waals surface area contributed by atoms with Crippen molar-refractivity contribution in [2.45, 2.75) is 26.9 Å². The van der Waals surface area contributed by atoms with E-state index < -0.39 is 0 Å². The molecule has 0 saturated heterocycles. The molecule has 0 fully saturated rings. The predicted octanol–water partition coefficient (Wildman–Crippen LogP) is 2.79. The Morgan fingerprint density at radius 1 is 1.47 bits per heavy atom. The summed E-state index contributed by atoms with van der Waals surface area (Å²) in [5.74, 6) is -0.108. The summed E-state index contributed by atoms with van der Waals surface area (Å²) in [6, 6.07) is 7.47. The molecular weight excluding hydrogens is 262 g/mol. The third-order valence-electron chi connectivity index (χ3n) is 2.89. The van der Waals surface area contributed by atoms with Crippen LogP contribution in [0.4, 0.5) is 0 Å². The number of nitrogens with one attached hydrogen (secondary N) is 1. The van der Waals surface area contributed by atoms with Crippen molar-refractivity contribution in [3.05, 3.63) is 52.3 Å². The first-order valence-electron chi connectivity index (χ1n) is 6.17. The molecule has 1 N–H and O–H groups in total. The molecule has 1 heterocycles. The number of hydrogen-bond donors (Lipinski definition) is 1. The highest BCUT2D eigenvalue weighted by molar-refractivity contribution is 6.31. The van der Waals surface area contributed by atoms with Gasteiger partial charge in [0.2, 0.25) is 0 Å². The zero-order valence-electron chi connectivity index (χ0n) is 11.0. The Morgan fingerprint density at radius 2 is 2.26 bits per heavy atom. The van der Waals surface area contributed by atoms with Gasteiger partial charge >= 0.3 is 0 Å². The molecule has 2 aromatic rings. The highest BCUT2D eigenvalue weighted by Gasteiger charge is 2.10. The molecule has 0 unspecified atom stereocenters. The van der Waals surface area contributed by atoms with Gasteiger partial charge < -0.3 is 5.32 Å². The topological polar surface area (TPSA) is 46.9 Å². The van der Waals surface area contributed by atoms with E-state index in [2.05, 4.69) is 10.4 Å². The van der Waals surface area contributed by atoms with Crippen LogP contribution in [0.3, 0.4) is 0 Å². The zero-order valence-corrected chi connectivity index (χ0v) is 11.7. The monoisotopic (exact) mass is 277 g/mol. The van der Waals surface area contributed by atoms with Gasteiger partial charge in [0.1, 0.15) is 0 Å². The average molecular weight is 278 g/mol. The Bertz CT molecular complexity index is 592. The van der Waals surface area contributed by atoms with Gasteiger partial charge in [-0.25, -0.2) is 0 Å². The lowest BCUT2D eigenvalue weighted by Gasteiger charge is -2.08. The van der Waals surface area contributed by atoms with E-state index in [1.807, 2.05) is 32.0 Å². The van der Waals surface area contributed by atoms with Gasteiger partial charge in [-0.3, -0.25) is 9.48 Å². The fraction of sp³-hybridized carbons (Fsp3) is 0.286. The molecule has 4 nitrogen and oxygen atoms in total. The highest BCUT2D eigenvalue weighted by Crippen LogP contribution is 2.15. The fourth-order valence-corrected chi connectivity index (χ4v) is 2.10. The van der Waals surface area contributed by atoms with E-state index in [9.17, 15) is 4.79 Å². The van der Waals surface area contributed by atoms with Crippen molar-refractivity contribution in [2.24, 2.45) is 0 Å². The van der Waals surface area contributed by atoms with Crippen molar-refractivity contribution >= 4 is 17.5 Å². The van der Waals surface area contributed by atoms with Crippen LogP contribution in [0.1, 0.15) is 28.5 Å². The van der Waals surface area contributed by atoms with E-state index in [4.69, 9.17) is 11.6 Å². The number of halogens is 1. The number of aryl methyl sites for hydroxylation is 2. The number of benzene rings is 1. The predicted molar refractivity (Wildman–Crippen MR) is 75.3 cm³/mol. The molecule has 0 aliphatic carbocycles. The molecular formula is C14H16ClN3O. The molecule has 5 heteroatoms. The van der Waals surface area contributed by atoms with Crippen LogP contribution >= 0.6 is 11.6 Å². The van der Waals surface area contributed by atoms with Crippen molar-refractivity contribution in [1.82, 2.24) is 15.1 Å². The lowest BCUT2D eigenvalue weighted by Crippen LogP contribution is -2.24. The summed E-state index contributed by atoms with van der Waals surface area (Å²) in [6.07, 6.45) is 1.60. The molecule has 0 saturated carbocycles. The molecule has 1 amide bonds. The van der Waals surface area contributed by atoms with Crippen LogP contribution in [0.2, 0.25) is 5.02 Å². The smallest absolute Gasteiger partial charge is 0.251 e. The third kappa shape index (κ3) is 3.15. The molecule has 0 aliphatic heterocycles. The number of hydrogen-bond acceptors (Lipinski definition) is 2. The highest BCUT2D eigenvalue weighted by atomic mass is 35.5. The number of aromatic nitrogens is 2.